The van der Waals surface area contributed by atoms with Crippen LogP contribution in [0.2, 0.25) is 0 Å². The maximum atomic E-state index is 4.46. The zero-order chi connectivity index (χ0) is 4.41. The van der Waals surface area contributed by atoms with E-state index in [9.17, 15) is 0 Å². The van der Waals surface area contributed by atoms with Crippen molar-refractivity contribution in [3.05, 3.63) is 12.7 Å². The third-order valence-corrected chi connectivity index (χ3v) is 0.687. The average Bonchev–Trinajstić information content (AvgIpc) is 1.31. The van der Waals surface area contributed by atoms with Crippen LogP contribution < -0.4 is 0 Å². The highest BCUT2D eigenvalue weighted by atomic mass is 17.2. The van der Waals surface area contributed by atoms with Crippen LogP contribution in [-0.4, -0.2) is 12.7 Å². The summed E-state index contributed by atoms with van der Waals surface area (Å²) in [5, 5.41) is 0. The van der Waals surface area contributed by atoms with Crippen LogP contribution in [0.4, 0.5) is 0 Å². The van der Waals surface area contributed by atoms with E-state index in [-0.39, 0.29) is 6.10 Å². The molecule has 2 nitrogen and oxygen atoms in total. The topological polar surface area (TPSA) is 18.5 Å². The Morgan fingerprint density at radius 2 is 2.50 bits per heavy atom. The molecule has 0 aromatic carbocycles. The van der Waals surface area contributed by atoms with E-state index in [0.29, 0.717) is 6.61 Å². The molecule has 0 radical (unpaired) electrons. The Morgan fingerprint density at radius 1 is 1.83 bits per heavy atom. The second-order valence-electron chi connectivity index (χ2n) is 1.15. The van der Waals surface area contributed by atoms with E-state index in [1.54, 1.807) is 6.08 Å². The van der Waals surface area contributed by atoms with Crippen LogP contribution in [-0.2, 0) is 9.78 Å². The fourth-order valence-electron chi connectivity index (χ4n) is 0.254. The Bertz CT molecular complexity index is 56.6. The van der Waals surface area contributed by atoms with Gasteiger partial charge in [0.1, 0.15) is 12.7 Å². The number of hydrogen-bond acceptors (Lipinski definition) is 2. The lowest BCUT2D eigenvalue weighted by atomic mass is 10.4. The molecule has 0 N–H and O–H groups in total. The lowest BCUT2D eigenvalue weighted by Crippen LogP contribution is -2.28. The molecule has 1 heterocycles. The Balaban J connectivity index is 2.16. The van der Waals surface area contributed by atoms with E-state index in [2.05, 4.69) is 16.4 Å². The molecule has 34 valence electrons. The van der Waals surface area contributed by atoms with Crippen molar-refractivity contribution in [1.29, 1.82) is 0 Å². The van der Waals surface area contributed by atoms with Gasteiger partial charge < -0.3 is 0 Å². The van der Waals surface area contributed by atoms with E-state index in [1.807, 2.05) is 0 Å². The summed E-state index contributed by atoms with van der Waals surface area (Å²) >= 11 is 0. The summed E-state index contributed by atoms with van der Waals surface area (Å²) in [5.41, 5.74) is 0. The first kappa shape index (κ1) is 3.84. The average molecular weight is 86.1 g/mol. The Morgan fingerprint density at radius 3 is 2.50 bits per heavy atom. The van der Waals surface area contributed by atoms with Gasteiger partial charge in [0.2, 0.25) is 0 Å². The minimum atomic E-state index is 0.157. The van der Waals surface area contributed by atoms with Crippen LogP contribution >= 0.6 is 0 Å². The first-order valence-electron chi connectivity index (χ1n) is 1.84. The molecule has 1 atom stereocenters. The molecule has 0 bridgehead atoms. The molecular weight excluding hydrogens is 80.0 g/mol. The molecule has 1 aliphatic rings. The summed E-state index contributed by atoms with van der Waals surface area (Å²) in [5.74, 6) is 0. The second-order valence-corrected chi connectivity index (χ2v) is 1.15. The lowest BCUT2D eigenvalue weighted by molar-refractivity contribution is -0.410. The zero-order valence-electron chi connectivity index (χ0n) is 3.39. The molecule has 0 aromatic rings. The van der Waals surface area contributed by atoms with Gasteiger partial charge in [-0.05, 0) is 0 Å². The SMILES string of the molecule is C=C[C@H]1COO1. The molecule has 2 heteroatoms. The van der Waals surface area contributed by atoms with Crippen molar-refractivity contribution in [2.75, 3.05) is 6.61 Å². The van der Waals surface area contributed by atoms with Crippen molar-refractivity contribution in [2.45, 2.75) is 6.10 Å². The quantitative estimate of drug-likeness (QED) is 0.342. The van der Waals surface area contributed by atoms with Crippen molar-refractivity contribution < 1.29 is 9.78 Å². The van der Waals surface area contributed by atoms with E-state index >= 15 is 0 Å². The van der Waals surface area contributed by atoms with Gasteiger partial charge in [0.05, 0.1) is 0 Å². The van der Waals surface area contributed by atoms with Crippen LogP contribution in [0.5, 0.6) is 0 Å². The van der Waals surface area contributed by atoms with Crippen LogP contribution in [0.1, 0.15) is 0 Å². The molecule has 0 amide bonds. The molecule has 1 rings (SSSR count). The molecule has 0 unspecified atom stereocenters. The van der Waals surface area contributed by atoms with Gasteiger partial charge in [0, 0.05) is 0 Å². The summed E-state index contributed by atoms with van der Waals surface area (Å²) < 4.78 is 0. The van der Waals surface area contributed by atoms with Gasteiger partial charge in [0.25, 0.3) is 0 Å². The monoisotopic (exact) mass is 86.0 g/mol. The molecule has 1 aliphatic heterocycles. The van der Waals surface area contributed by atoms with Crippen LogP contribution in [0.3, 0.4) is 0 Å². The normalized spacial score (nSPS) is 31.7. The molecule has 6 heavy (non-hydrogen) atoms. The van der Waals surface area contributed by atoms with Gasteiger partial charge in [-0.25, -0.2) is 9.78 Å². The standard InChI is InChI=1S/C4H6O2/c1-2-4-3-5-6-4/h2,4H,1,3H2/t4-/m0/s1. The highest BCUT2D eigenvalue weighted by Gasteiger charge is 2.14. The fourth-order valence-corrected chi connectivity index (χ4v) is 0.254. The van der Waals surface area contributed by atoms with Crippen molar-refractivity contribution >= 4 is 0 Å². The number of rotatable bonds is 1. The van der Waals surface area contributed by atoms with Crippen LogP contribution in [0, 0.1) is 0 Å². The summed E-state index contributed by atoms with van der Waals surface area (Å²) in [6.07, 6.45) is 1.87. The maximum Gasteiger partial charge on any atom is 0.137 e. The van der Waals surface area contributed by atoms with Crippen molar-refractivity contribution in [3.8, 4) is 0 Å². The highest BCUT2D eigenvalue weighted by Crippen LogP contribution is 2.04. The lowest BCUT2D eigenvalue weighted by Gasteiger charge is -2.19. The van der Waals surface area contributed by atoms with Gasteiger partial charge >= 0.3 is 0 Å². The first-order valence-corrected chi connectivity index (χ1v) is 1.84. The predicted octanol–water partition coefficient (Wildman–Crippen LogP) is 0.503. The maximum absolute atomic E-state index is 4.46. The van der Waals surface area contributed by atoms with Crippen LogP contribution in [0.15, 0.2) is 12.7 Å². The van der Waals surface area contributed by atoms with Gasteiger partial charge in [-0.1, -0.05) is 6.08 Å². The smallest absolute Gasteiger partial charge is 0.137 e. The Hall–Kier alpha value is -0.340. The second kappa shape index (κ2) is 1.41. The minimum Gasteiger partial charge on any atom is -0.233 e. The summed E-state index contributed by atoms with van der Waals surface area (Å²) in [4.78, 5) is 8.82. The first-order chi connectivity index (χ1) is 2.93. The molecule has 0 aliphatic carbocycles. The Labute approximate surface area is 36.3 Å². The van der Waals surface area contributed by atoms with E-state index in [1.165, 1.54) is 0 Å². The molecule has 1 fully saturated rings. The van der Waals surface area contributed by atoms with Crippen molar-refractivity contribution in [1.82, 2.24) is 0 Å². The molecule has 0 aromatic heterocycles. The fraction of sp³-hybridized carbons (Fsp3) is 0.500. The van der Waals surface area contributed by atoms with Gasteiger partial charge in [-0.15, -0.1) is 6.58 Å². The third-order valence-electron chi connectivity index (χ3n) is 0.687. The summed E-state index contributed by atoms with van der Waals surface area (Å²) in [6.45, 7) is 4.15. The third kappa shape index (κ3) is 0.441. The minimum absolute atomic E-state index is 0.157. The van der Waals surface area contributed by atoms with Crippen molar-refractivity contribution in [2.24, 2.45) is 0 Å². The Kier molecular flexibility index (Phi) is 0.900. The molecule has 1 saturated heterocycles. The predicted molar refractivity (Wildman–Crippen MR) is 21.0 cm³/mol. The van der Waals surface area contributed by atoms with Gasteiger partial charge in [0.15, 0.2) is 0 Å². The largest absolute Gasteiger partial charge is 0.233 e. The summed E-state index contributed by atoms with van der Waals surface area (Å²) in [6, 6.07) is 0. The molecule has 0 saturated carbocycles. The van der Waals surface area contributed by atoms with Crippen molar-refractivity contribution in [3.63, 3.8) is 0 Å². The zero-order valence-corrected chi connectivity index (χ0v) is 3.39. The number of hydrogen-bond donors (Lipinski definition) is 0. The van der Waals surface area contributed by atoms with Gasteiger partial charge in [-0.2, -0.15) is 0 Å². The molecular formula is C4H6O2. The molecule has 0 spiro atoms. The van der Waals surface area contributed by atoms with E-state index in [4.69, 9.17) is 0 Å². The van der Waals surface area contributed by atoms with E-state index < -0.39 is 0 Å². The van der Waals surface area contributed by atoms with E-state index in [0.717, 1.165) is 0 Å². The highest BCUT2D eigenvalue weighted by molar-refractivity contribution is 4.80. The van der Waals surface area contributed by atoms with Gasteiger partial charge in [-0.3, -0.25) is 0 Å². The van der Waals surface area contributed by atoms with Crippen LogP contribution in [0.25, 0.3) is 0 Å². The summed E-state index contributed by atoms with van der Waals surface area (Å²) in [7, 11) is 0.